The van der Waals surface area contributed by atoms with Gasteiger partial charge in [-0.05, 0) is 6.92 Å². The van der Waals surface area contributed by atoms with Gasteiger partial charge >= 0.3 is 0 Å². The molecule has 0 N–H and O–H groups in total. The van der Waals surface area contributed by atoms with Crippen molar-refractivity contribution >= 4 is 11.6 Å². The first-order valence-corrected chi connectivity index (χ1v) is 4.57. The highest BCUT2D eigenvalue weighted by Gasteiger charge is 2.15. The van der Waals surface area contributed by atoms with Crippen LogP contribution in [0.15, 0.2) is 16.9 Å². The summed E-state index contributed by atoms with van der Waals surface area (Å²) >= 11 is 5.79. The van der Waals surface area contributed by atoms with Gasteiger partial charge in [-0.3, -0.25) is 0 Å². The largest absolute Gasteiger partial charge is 0.337 e. The van der Waals surface area contributed by atoms with Crippen molar-refractivity contribution < 1.29 is 4.52 Å². The van der Waals surface area contributed by atoms with Crippen LogP contribution in [0.3, 0.4) is 0 Å². The average molecular weight is 213 g/mol. The Morgan fingerprint density at radius 2 is 2.36 bits per heavy atom. The molecule has 5 nitrogen and oxygen atoms in total. The molecule has 0 fully saturated rings. The highest BCUT2D eigenvalue weighted by Crippen LogP contribution is 2.20. The minimum atomic E-state index is -0.281. The van der Waals surface area contributed by atoms with Gasteiger partial charge in [-0.2, -0.15) is 4.98 Å². The Balaban J connectivity index is 2.39. The van der Waals surface area contributed by atoms with Crippen molar-refractivity contribution in [3.05, 3.63) is 18.3 Å². The summed E-state index contributed by atoms with van der Waals surface area (Å²) in [7, 11) is 1.86. The summed E-state index contributed by atoms with van der Waals surface area (Å²) in [4.78, 5) is 8.21. The molecule has 0 spiro atoms. The molecular weight excluding hydrogens is 204 g/mol. The molecule has 2 rings (SSSR count). The van der Waals surface area contributed by atoms with Gasteiger partial charge in [0, 0.05) is 19.4 Å². The average Bonchev–Trinajstić information content (AvgIpc) is 2.71. The van der Waals surface area contributed by atoms with Crippen LogP contribution in [0.5, 0.6) is 0 Å². The van der Waals surface area contributed by atoms with Gasteiger partial charge in [-0.25, -0.2) is 4.98 Å². The Hall–Kier alpha value is -1.36. The quantitative estimate of drug-likeness (QED) is 0.712. The van der Waals surface area contributed by atoms with Gasteiger partial charge in [-0.1, -0.05) is 5.16 Å². The summed E-state index contributed by atoms with van der Waals surface area (Å²) in [6, 6.07) is 0. The van der Waals surface area contributed by atoms with E-state index in [0.29, 0.717) is 17.5 Å². The van der Waals surface area contributed by atoms with E-state index in [-0.39, 0.29) is 5.38 Å². The van der Waals surface area contributed by atoms with Gasteiger partial charge in [0.15, 0.2) is 5.82 Å². The topological polar surface area (TPSA) is 56.7 Å². The number of hydrogen-bond acceptors (Lipinski definition) is 4. The van der Waals surface area contributed by atoms with Crippen LogP contribution in [0.1, 0.15) is 18.2 Å². The van der Waals surface area contributed by atoms with Crippen LogP contribution >= 0.6 is 11.6 Å². The second-order valence-electron chi connectivity index (χ2n) is 2.93. The van der Waals surface area contributed by atoms with Crippen LogP contribution < -0.4 is 0 Å². The van der Waals surface area contributed by atoms with Gasteiger partial charge in [0.2, 0.25) is 11.7 Å². The lowest BCUT2D eigenvalue weighted by Crippen LogP contribution is -1.93. The van der Waals surface area contributed by atoms with Gasteiger partial charge in [-0.15, -0.1) is 11.6 Å². The Kier molecular flexibility index (Phi) is 2.25. The van der Waals surface area contributed by atoms with Crippen molar-refractivity contribution in [1.82, 2.24) is 19.7 Å². The molecule has 2 heterocycles. The molecule has 0 aliphatic carbocycles. The van der Waals surface area contributed by atoms with Crippen molar-refractivity contribution in [2.45, 2.75) is 12.3 Å². The van der Waals surface area contributed by atoms with Crippen molar-refractivity contribution in [3.63, 3.8) is 0 Å². The molecule has 74 valence electrons. The molecule has 0 aliphatic heterocycles. The van der Waals surface area contributed by atoms with Gasteiger partial charge < -0.3 is 9.09 Å². The molecule has 0 aromatic carbocycles. The lowest BCUT2D eigenvalue weighted by atomic mass is 10.5. The van der Waals surface area contributed by atoms with Gasteiger partial charge in [0.05, 0.1) is 0 Å². The molecule has 14 heavy (non-hydrogen) atoms. The minimum absolute atomic E-state index is 0.281. The Bertz CT molecular complexity index is 434. The molecule has 1 unspecified atom stereocenters. The van der Waals surface area contributed by atoms with Crippen LogP contribution in [0.25, 0.3) is 11.6 Å². The maximum Gasteiger partial charge on any atom is 0.244 e. The third kappa shape index (κ3) is 1.50. The number of aromatic nitrogens is 4. The molecule has 0 aliphatic rings. The number of hydrogen-bond donors (Lipinski definition) is 0. The zero-order valence-electron chi connectivity index (χ0n) is 7.81. The summed E-state index contributed by atoms with van der Waals surface area (Å²) in [6.07, 6.45) is 3.49. The summed E-state index contributed by atoms with van der Waals surface area (Å²) in [6.45, 7) is 1.78. The molecule has 2 aromatic rings. The second kappa shape index (κ2) is 3.42. The summed E-state index contributed by atoms with van der Waals surface area (Å²) in [5, 5.41) is 3.51. The lowest BCUT2D eigenvalue weighted by Gasteiger charge is -1.93. The van der Waals surface area contributed by atoms with Crippen LogP contribution in [-0.4, -0.2) is 19.7 Å². The summed E-state index contributed by atoms with van der Waals surface area (Å²) in [5.74, 6) is 1.53. The van der Waals surface area contributed by atoms with E-state index in [9.17, 15) is 0 Å². The van der Waals surface area contributed by atoms with E-state index < -0.39 is 0 Å². The second-order valence-corrected chi connectivity index (χ2v) is 3.59. The highest BCUT2D eigenvalue weighted by atomic mass is 35.5. The summed E-state index contributed by atoms with van der Waals surface area (Å²) < 4.78 is 6.77. The van der Waals surface area contributed by atoms with Crippen molar-refractivity contribution in [1.29, 1.82) is 0 Å². The maximum absolute atomic E-state index is 5.79. The van der Waals surface area contributed by atoms with Crippen LogP contribution in [0.2, 0.25) is 0 Å². The van der Waals surface area contributed by atoms with Crippen molar-refractivity contribution in [2.24, 2.45) is 7.05 Å². The first kappa shape index (κ1) is 9.21. The van der Waals surface area contributed by atoms with Gasteiger partial charge in [0.1, 0.15) is 5.38 Å². The Labute approximate surface area is 85.7 Å². The van der Waals surface area contributed by atoms with E-state index in [1.54, 1.807) is 13.1 Å². The third-order valence-corrected chi connectivity index (χ3v) is 1.99. The monoisotopic (exact) mass is 212 g/mol. The standard InChI is InChI=1S/C8H9ClN4O/c1-5(9)8-11-6(12-14-8)7-10-3-4-13(7)2/h3-5H,1-2H3. The van der Waals surface area contributed by atoms with E-state index >= 15 is 0 Å². The normalized spacial score (nSPS) is 13.1. The predicted molar refractivity (Wildman–Crippen MR) is 50.8 cm³/mol. The number of halogens is 1. The van der Waals surface area contributed by atoms with E-state index in [4.69, 9.17) is 16.1 Å². The van der Waals surface area contributed by atoms with E-state index in [1.807, 2.05) is 17.8 Å². The lowest BCUT2D eigenvalue weighted by molar-refractivity contribution is 0.379. The fourth-order valence-electron chi connectivity index (χ4n) is 1.07. The zero-order chi connectivity index (χ0) is 10.1. The van der Waals surface area contributed by atoms with Crippen molar-refractivity contribution in [3.8, 4) is 11.6 Å². The summed E-state index contributed by atoms with van der Waals surface area (Å²) in [5.41, 5.74) is 0. The van der Waals surface area contributed by atoms with E-state index in [2.05, 4.69) is 15.1 Å². The molecule has 2 aromatic heterocycles. The van der Waals surface area contributed by atoms with Crippen molar-refractivity contribution in [2.75, 3.05) is 0 Å². The number of aryl methyl sites for hydroxylation is 1. The molecule has 0 saturated carbocycles. The van der Waals surface area contributed by atoms with Crippen LogP contribution in [0.4, 0.5) is 0 Å². The SMILES string of the molecule is CC(Cl)c1nc(-c2nccn2C)no1. The zero-order valence-corrected chi connectivity index (χ0v) is 8.56. The molecule has 0 saturated heterocycles. The molecule has 6 heteroatoms. The smallest absolute Gasteiger partial charge is 0.244 e. The predicted octanol–water partition coefficient (Wildman–Crippen LogP) is 1.77. The molecule has 0 radical (unpaired) electrons. The third-order valence-electron chi connectivity index (χ3n) is 1.80. The Morgan fingerprint density at radius 1 is 1.57 bits per heavy atom. The molecular formula is C8H9ClN4O. The van der Waals surface area contributed by atoms with Crippen LogP contribution in [0, 0.1) is 0 Å². The van der Waals surface area contributed by atoms with Gasteiger partial charge in [0.25, 0.3) is 0 Å². The molecule has 0 amide bonds. The fourth-order valence-corrected chi connectivity index (χ4v) is 1.16. The number of rotatable bonds is 2. The molecule has 1 atom stereocenters. The first-order chi connectivity index (χ1) is 6.68. The maximum atomic E-state index is 5.79. The highest BCUT2D eigenvalue weighted by molar-refractivity contribution is 6.20. The Morgan fingerprint density at radius 3 is 2.86 bits per heavy atom. The first-order valence-electron chi connectivity index (χ1n) is 4.14. The fraction of sp³-hybridized carbons (Fsp3) is 0.375. The van der Waals surface area contributed by atoms with Crippen LogP contribution in [-0.2, 0) is 7.05 Å². The van der Waals surface area contributed by atoms with E-state index in [1.165, 1.54) is 0 Å². The van der Waals surface area contributed by atoms with E-state index in [0.717, 1.165) is 0 Å². The number of nitrogens with zero attached hydrogens (tertiary/aromatic N) is 4. The number of alkyl halides is 1. The number of imidazole rings is 1. The molecule has 0 bridgehead atoms. The minimum Gasteiger partial charge on any atom is -0.337 e.